The van der Waals surface area contributed by atoms with Gasteiger partial charge in [0.15, 0.2) is 0 Å². The zero-order valence-electron chi connectivity index (χ0n) is 13.0. The molecule has 3 heterocycles. The Morgan fingerprint density at radius 2 is 2.27 bits per heavy atom. The number of carbonyl (C=O) groups is 1. The SMILES string of the molecule is CCC(CN(C=O)C1CCOCC1)n1ccc2cccnc21. The molecule has 0 aliphatic carbocycles. The molecule has 0 N–H and O–H groups in total. The molecule has 22 heavy (non-hydrogen) atoms. The van der Waals surface area contributed by atoms with Crippen LogP contribution in [0.15, 0.2) is 30.6 Å². The van der Waals surface area contributed by atoms with E-state index in [1.165, 1.54) is 0 Å². The summed E-state index contributed by atoms with van der Waals surface area (Å²) in [7, 11) is 0. The minimum Gasteiger partial charge on any atom is -0.381 e. The number of rotatable bonds is 6. The summed E-state index contributed by atoms with van der Waals surface area (Å²) in [5, 5.41) is 1.14. The highest BCUT2D eigenvalue weighted by Gasteiger charge is 2.23. The third-order valence-corrected chi connectivity index (χ3v) is 4.56. The molecule has 1 amide bonds. The van der Waals surface area contributed by atoms with Crippen LogP contribution >= 0.6 is 0 Å². The number of nitrogens with zero attached hydrogens (tertiary/aromatic N) is 3. The predicted molar refractivity (Wildman–Crippen MR) is 85.7 cm³/mol. The Balaban J connectivity index is 1.79. The Morgan fingerprint density at radius 1 is 1.45 bits per heavy atom. The van der Waals surface area contributed by atoms with Crippen molar-refractivity contribution in [2.75, 3.05) is 19.8 Å². The Labute approximate surface area is 130 Å². The highest BCUT2D eigenvalue weighted by molar-refractivity contribution is 5.75. The fraction of sp³-hybridized carbons (Fsp3) is 0.529. The van der Waals surface area contributed by atoms with Gasteiger partial charge in [-0.05, 0) is 37.5 Å². The first kappa shape index (κ1) is 15.0. The molecule has 0 saturated carbocycles. The molecule has 2 aromatic heterocycles. The van der Waals surface area contributed by atoms with Crippen LogP contribution in [0, 0.1) is 0 Å². The van der Waals surface area contributed by atoms with Crippen LogP contribution in [-0.2, 0) is 9.53 Å². The van der Waals surface area contributed by atoms with Gasteiger partial charge in [-0.1, -0.05) is 6.92 Å². The summed E-state index contributed by atoms with van der Waals surface area (Å²) in [6.45, 7) is 4.39. The van der Waals surface area contributed by atoms with Crippen LogP contribution in [-0.4, -0.2) is 46.7 Å². The number of carbonyl (C=O) groups excluding carboxylic acids is 1. The highest BCUT2D eigenvalue weighted by atomic mass is 16.5. The molecule has 118 valence electrons. The average Bonchev–Trinajstić information content (AvgIpc) is 3.01. The number of aromatic nitrogens is 2. The Morgan fingerprint density at radius 3 is 3.00 bits per heavy atom. The summed E-state index contributed by atoms with van der Waals surface area (Å²) in [4.78, 5) is 18.0. The van der Waals surface area contributed by atoms with Gasteiger partial charge in [0.05, 0.1) is 6.04 Å². The van der Waals surface area contributed by atoms with Gasteiger partial charge in [-0.15, -0.1) is 0 Å². The first-order valence-electron chi connectivity index (χ1n) is 8.03. The molecule has 0 aromatic carbocycles. The largest absolute Gasteiger partial charge is 0.381 e. The molecule has 1 aliphatic heterocycles. The second-order valence-corrected chi connectivity index (χ2v) is 5.85. The Kier molecular flexibility index (Phi) is 4.73. The molecule has 1 atom stereocenters. The quantitative estimate of drug-likeness (QED) is 0.771. The van der Waals surface area contributed by atoms with Crippen LogP contribution in [0.25, 0.3) is 11.0 Å². The lowest BCUT2D eigenvalue weighted by Crippen LogP contribution is -2.41. The summed E-state index contributed by atoms with van der Waals surface area (Å²) >= 11 is 0. The first-order chi connectivity index (χ1) is 10.8. The number of ether oxygens (including phenoxy) is 1. The summed E-state index contributed by atoms with van der Waals surface area (Å²) in [5.41, 5.74) is 0.993. The van der Waals surface area contributed by atoms with E-state index in [1.54, 1.807) is 0 Å². The molecule has 0 bridgehead atoms. The van der Waals surface area contributed by atoms with E-state index in [0.29, 0.717) is 6.04 Å². The van der Waals surface area contributed by atoms with Crippen molar-refractivity contribution in [2.24, 2.45) is 0 Å². The van der Waals surface area contributed by atoms with Crippen molar-refractivity contribution in [1.29, 1.82) is 0 Å². The maximum Gasteiger partial charge on any atom is 0.210 e. The normalized spacial score (nSPS) is 17.5. The van der Waals surface area contributed by atoms with Crippen molar-refractivity contribution < 1.29 is 9.53 Å². The number of hydrogen-bond donors (Lipinski definition) is 0. The van der Waals surface area contributed by atoms with Crippen molar-refractivity contribution >= 4 is 17.4 Å². The topological polar surface area (TPSA) is 47.4 Å². The van der Waals surface area contributed by atoms with Crippen molar-refractivity contribution in [3.63, 3.8) is 0 Å². The maximum atomic E-state index is 11.5. The number of hydrogen-bond acceptors (Lipinski definition) is 3. The van der Waals surface area contributed by atoms with E-state index in [1.807, 2.05) is 17.2 Å². The molecule has 0 spiro atoms. The smallest absolute Gasteiger partial charge is 0.210 e. The van der Waals surface area contributed by atoms with Crippen molar-refractivity contribution in [1.82, 2.24) is 14.5 Å². The molecule has 3 rings (SSSR count). The monoisotopic (exact) mass is 301 g/mol. The average molecular weight is 301 g/mol. The third kappa shape index (κ3) is 2.99. The molecular weight excluding hydrogens is 278 g/mol. The van der Waals surface area contributed by atoms with Crippen LogP contribution in [0.3, 0.4) is 0 Å². The van der Waals surface area contributed by atoms with Gasteiger partial charge in [-0.25, -0.2) is 4.98 Å². The number of amides is 1. The molecule has 1 unspecified atom stereocenters. The van der Waals surface area contributed by atoms with E-state index >= 15 is 0 Å². The van der Waals surface area contributed by atoms with E-state index in [2.05, 4.69) is 34.8 Å². The zero-order chi connectivity index (χ0) is 15.4. The standard InChI is InChI=1S/C17H23N3O2/c1-2-15(12-19(13-21)16-6-10-22-11-7-16)20-9-5-14-4-3-8-18-17(14)20/h3-5,8-9,13,15-16H,2,6-7,10-12H2,1H3. The van der Waals surface area contributed by atoms with Gasteiger partial charge in [-0.2, -0.15) is 0 Å². The molecule has 5 nitrogen and oxygen atoms in total. The van der Waals surface area contributed by atoms with E-state index in [9.17, 15) is 4.79 Å². The molecule has 0 radical (unpaired) electrons. The summed E-state index contributed by atoms with van der Waals surface area (Å²) in [5.74, 6) is 0. The van der Waals surface area contributed by atoms with Gasteiger partial charge in [0.1, 0.15) is 5.65 Å². The maximum absolute atomic E-state index is 11.5. The van der Waals surface area contributed by atoms with Gasteiger partial charge in [0.25, 0.3) is 0 Å². The molecule has 1 aliphatic rings. The Hall–Kier alpha value is -1.88. The zero-order valence-corrected chi connectivity index (χ0v) is 13.0. The second kappa shape index (κ2) is 6.92. The minimum atomic E-state index is 0.250. The molecule has 5 heteroatoms. The van der Waals surface area contributed by atoms with Crippen molar-refractivity contribution in [3.05, 3.63) is 30.6 Å². The lowest BCUT2D eigenvalue weighted by molar-refractivity contribution is -0.122. The van der Waals surface area contributed by atoms with Gasteiger partial charge in [-0.3, -0.25) is 4.79 Å². The number of pyridine rings is 1. The van der Waals surface area contributed by atoms with Gasteiger partial charge in [0, 0.05) is 43.6 Å². The van der Waals surface area contributed by atoms with Crippen LogP contribution in [0.4, 0.5) is 0 Å². The van der Waals surface area contributed by atoms with E-state index in [0.717, 1.165) is 56.5 Å². The van der Waals surface area contributed by atoms with Crippen molar-refractivity contribution in [2.45, 2.75) is 38.3 Å². The Bertz CT molecular complexity index is 619. The van der Waals surface area contributed by atoms with Gasteiger partial charge < -0.3 is 14.2 Å². The van der Waals surface area contributed by atoms with E-state index in [-0.39, 0.29) is 6.04 Å². The van der Waals surface area contributed by atoms with Crippen LogP contribution in [0.5, 0.6) is 0 Å². The number of fused-ring (bicyclic) bond motifs is 1. The third-order valence-electron chi connectivity index (χ3n) is 4.56. The first-order valence-corrected chi connectivity index (χ1v) is 8.03. The fourth-order valence-electron chi connectivity index (χ4n) is 3.23. The fourth-order valence-corrected chi connectivity index (χ4v) is 3.23. The van der Waals surface area contributed by atoms with Gasteiger partial charge in [0.2, 0.25) is 6.41 Å². The molecule has 2 aromatic rings. The summed E-state index contributed by atoms with van der Waals surface area (Å²) < 4.78 is 7.60. The lowest BCUT2D eigenvalue weighted by atomic mass is 10.1. The lowest BCUT2D eigenvalue weighted by Gasteiger charge is -2.34. The molecule has 1 fully saturated rings. The van der Waals surface area contributed by atoms with E-state index in [4.69, 9.17) is 4.74 Å². The van der Waals surface area contributed by atoms with Crippen LogP contribution < -0.4 is 0 Å². The van der Waals surface area contributed by atoms with E-state index < -0.39 is 0 Å². The minimum absolute atomic E-state index is 0.250. The molecular formula is C17H23N3O2. The predicted octanol–water partition coefficient (Wildman–Crippen LogP) is 2.62. The summed E-state index contributed by atoms with van der Waals surface area (Å²) in [6.07, 6.45) is 7.73. The van der Waals surface area contributed by atoms with Gasteiger partial charge >= 0.3 is 0 Å². The summed E-state index contributed by atoms with van der Waals surface area (Å²) in [6, 6.07) is 6.66. The molecule has 1 saturated heterocycles. The van der Waals surface area contributed by atoms with Crippen LogP contribution in [0.2, 0.25) is 0 Å². The second-order valence-electron chi connectivity index (χ2n) is 5.85. The van der Waals surface area contributed by atoms with Crippen LogP contribution in [0.1, 0.15) is 32.2 Å². The van der Waals surface area contributed by atoms with Crippen molar-refractivity contribution in [3.8, 4) is 0 Å². The highest BCUT2D eigenvalue weighted by Crippen LogP contribution is 2.23.